The van der Waals surface area contributed by atoms with Crippen LogP contribution in [0.25, 0.3) is 0 Å². The zero-order valence-corrected chi connectivity index (χ0v) is 8.75. The first kappa shape index (κ1) is 11.5. The summed E-state index contributed by atoms with van der Waals surface area (Å²) in [5.41, 5.74) is 4.95. The second kappa shape index (κ2) is 4.80. The van der Waals surface area contributed by atoms with Gasteiger partial charge in [0.05, 0.1) is 0 Å². The lowest BCUT2D eigenvalue weighted by molar-refractivity contribution is -0.146. The van der Waals surface area contributed by atoms with Crippen molar-refractivity contribution in [3.8, 4) is 0 Å². The van der Waals surface area contributed by atoms with E-state index in [0.29, 0.717) is 13.0 Å². The molecule has 1 saturated heterocycles. The number of hydrogen-bond acceptors (Lipinski definition) is 3. The Morgan fingerprint density at radius 1 is 1.71 bits per heavy atom. The number of carboxylic acids is 1. The van der Waals surface area contributed by atoms with Crippen LogP contribution in [0.2, 0.25) is 6.32 Å². The van der Waals surface area contributed by atoms with Crippen molar-refractivity contribution >= 4 is 13.8 Å². The smallest absolute Gasteiger partial charge is 0.324 e. The van der Waals surface area contributed by atoms with Crippen LogP contribution in [0.15, 0.2) is 0 Å². The van der Waals surface area contributed by atoms with Crippen LogP contribution in [0.1, 0.15) is 19.3 Å². The minimum absolute atomic E-state index is 0.0775. The first-order chi connectivity index (χ1) is 6.61. The van der Waals surface area contributed by atoms with Gasteiger partial charge in [-0.15, -0.1) is 0 Å². The number of hydrogen-bond donors (Lipinski definition) is 3. The summed E-state index contributed by atoms with van der Waals surface area (Å²) in [6, 6.07) is 0. The fourth-order valence-corrected chi connectivity index (χ4v) is 2.05. The first-order valence-corrected chi connectivity index (χ1v) is 5.34. The molecule has 0 radical (unpaired) electrons. The van der Waals surface area contributed by atoms with Gasteiger partial charge in [0, 0.05) is 12.5 Å². The molecule has 0 aromatic heterocycles. The first-order valence-electron chi connectivity index (χ1n) is 5.34. The van der Waals surface area contributed by atoms with Crippen LogP contribution in [-0.4, -0.2) is 37.6 Å². The molecule has 0 aromatic rings. The molecule has 0 spiro atoms. The zero-order chi connectivity index (χ0) is 10.6. The highest BCUT2D eigenvalue weighted by atomic mass is 16.4. The van der Waals surface area contributed by atoms with Gasteiger partial charge >= 0.3 is 5.97 Å². The molecule has 0 aliphatic carbocycles. The van der Waals surface area contributed by atoms with Gasteiger partial charge in [0.15, 0.2) is 0 Å². The van der Waals surface area contributed by atoms with Crippen molar-refractivity contribution in [2.24, 2.45) is 11.7 Å². The second-order valence-electron chi connectivity index (χ2n) is 4.14. The minimum Gasteiger partial charge on any atom is -0.480 e. The maximum absolute atomic E-state index is 11.1. The zero-order valence-electron chi connectivity index (χ0n) is 8.75. The van der Waals surface area contributed by atoms with Crippen molar-refractivity contribution in [2.45, 2.75) is 31.1 Å². The molecule has 2 atom stereocenters. The predicted molar refractivity (Wildman–Crippen MR) is 58.1 cm³/mol. The summed E-state index contributed by atoms with van der Waals surface area (Å²) in [7, 11) is 2.11. The Morgan fingerprint density at radius 3 is 3.00 bits per heavy atom. The van der Waals surface area contributed by atoms with Crippen LogP contribution in [0, 0.1) is 5.92 Å². The third-order valence-corrected chi connectivity index (χ3v) is 3.14. The molecule has 0 bridgehead atoms. The van der Waals surface area contributed by atoms with Gasteiger partial charge in [-0.05, 0) is 19.4 Å². The maximum atomic E-state index is 11.1. The van der Waals surface area contributed by atoms with Crippen molar-refractivity contribution < 1.29 is 9.90 Å². The number of rotatable bonds is 4. The largest absolute Gasteiger partial charge is 0.480 e. The van der Waals surface area contributed by atoms with Crippen molar-refractivity contribution in [1.82, 2.24) is 5.32 Å². The summed E-state index contributed by atoms with van der Waals surface area (Å²) in [5.74, 6) is -0.770. The van der Waals surface area contributed by atoms with Crippen molar-refractivity contribution in [3.63, 3.8) is 0 Å². The highest BCUT2D eigenvalue weighted by molar-refractivity contribution is 6.08. The number of piperidine rings is 1. The molecule has 1 aliphatic heterocycles. The molecule has 4 nitrogen and oxygen atoms in total. The molecule has 5 heteroatoms. The van der Waals surface area contributed by atoms with Gasteiger partial charge in [0.1, 0.15) is 13.4 Å². The average Bonchev–Trinajstić information content (AvgIpc) is 2.16. The topological polar surface area (TPSA) is 75.3 Å². The van der Waals surface area contributed by atoms with E-state index >= 15 is 0 Å². The number of carboxylic acid groups (broad SMARTS) is 1. The molecular weight excluding hydrogens is 179 g/mol. The molecule has 1 rings (SSSR count). The minimum atomic E-state index is -1.000. The lowest BCUT2D eigenvalue weighted by Crippen LogP contribution is -2.61. The number of aliphatic carboxylic acids is 1. The fourth-order valence-electron chi connectivity index (χ4n) is 2.05. The Hall–Kier alpha value is -0.545. The Morgan fingerprint density at radius 2 is 2.43 bits per heavy atom. The summed E-state index contributed by atoms with van der Waals surface area (Å²) in [4.78, 5) is 11.1. The van der Waals surface area contributed by atoms with E-state index in [2.05, 4.69) is 13.2 Å². The Bertz CT molecular complexity index is 213. The number of nitrogens with two attached hydrogens (primary N) is 1. The summed E-state index contributed by atoms with van der Waals surface area (Å²) in [6.45, 7) is 1.45. The molecule has 1 fully saturated rings. The normalized spacial score (nSPS) is 32.8. The molecule has 0 saturated carbocycles. The molecule has 0 amide bonds. The summed E-state index contributed by atoms with van der Waals surface area (Å²) in [5, 5.41) is 12.3. The maximum Gasteiger partial charge on any atom is 0.324 e. The van der Waals surface area contributed by atoms with Gasteiger partial charge in [-0.2, -0.15) is 0 Å². The predicted octanol–water partition coefficient (Wildman–Crippen LogP) is -0.790. The van der Waals surface area contributed by atoms with Gasteiger partial charge in [-0.25, -0.2) is 0 Å². The van der Waals surface area contributed by atoms with Crippen LogP contribution < -0.4 is 11.1 Å². The second-order valence-corrected chi connectivity index (χ2v) is 4.14. The van der Waals surface area contributed by atoms with E-state index in [1.165, 1.54) is 0 Å². The van der Waals surface area contributed by atoms with E-state index in [9.17, 15) is 4.79 Å². The van der Waals surface area contributed by atoms with Gasteiger partial charge in [-0.1, -0.05) is 12.7 Å². The molecule has 1 heterocycles. The van der Waals surface area contributed by atoms with Gasteiger partial charge in [0.25, 0.3) is 0 Å². The third-order valence-electron chi connectivity index (χ3n) is 3.14. The van der Waals surface area contributed by atoms with E-state index < -0.39 is 11.5 Å². The van der Waals surface area contributed by atoms with Crippen LogP contribution in [0.3, 0.4) is 0 Å². The molecule has 80 valence electrons. The van der Waals surface area contributed by atoms with Crippen LogP contribution in [0.5, 0.6) is 0 Å². The van der Waals surface area contributed by atoms with Gasteiger partial charge in [0.2, 0.25) is 0 Å². The molecule has 1 unspecified atom stereocenters. The molecular formula is C9H19BN2O2. The SMILES string of the molecule is BCCCC1CNCC[C@@]1(N)C(=O)O. The Balaban J connectivity index is 2.63. The molecule has 0 aromatic carbocycles. The Labute approximate surface area is 85.7 Å². The van der Waals surface area contributed by atoms with Crippen molar-refractivity contribution in [1.29, 1.82) is 0 Å². The van der Waals surface area contributed by atoms with E-state index in [0.717, 1.165) is 25.7 Å². The summed E-state index contributed by atoms with van der Waals surface area (Å²) >= 11 is 0. The van der Waals surface area contributed by atoms with Crippen LogP contribution in [-0.2, 0) is 4.79 Å². The molecule has 4 N–H and O–H groups in total. The Kier molecular flexibility index (Phi) is 3.95. The monoisotopic (exact) mass is 198 g/mol. The van der Waals surface area contributed by atoms with Crippen molar-refractivity contribution in [2.75, 3.05) is 13.1 Å². The highest BCUT2D eigenvalue weighted by Gasteiger charge is 2.43. The highest BCUT2D eigenvalue weighted by Crippen LogP contribution is 2.26. The summed E-state index contributed by atoms with van der Waals surface area (Å²) < 4.78 is 0. The number of carbonyl (C=O) groups is 1. The van der Waals surface area contributed by atoms with Gasteiger partial charge < -0.3 is 16.2 Å². The third kappa shape index (κ3) is 2.28. The standard InChI is InChI=1S/C9H19BN2O2/c10-4-1-2-7-6-12-5-3-9(7,11)8(13)14/h7,12H,1-6,10-11H2,(H,13,14)/t7?,9-/m0/s1. The van der Waals surface area contributed by atoms with E-state index in [1.807, 2.05) is 0 Å². The van der Waals surface area contributed by atoms with Crippen LogP contribution in [0.4, 0.5) is 0 Å². The van der Waals surface area contributed by atoms with Gasteiger partial charge in [-0.3, -0.25) is 4.79 Å². The molecule has 1 aliphatic rings. The van der Waals surface area contributed by atoms with Crippen molar-refractivity contribution in [3.05, 3.63) is 0 Å². The van der Waals surface area contributed by atoms with Crippen LogP contribution >= 0.6 is 0 Å². The average molecular weight is 198 g/mol. The van der Waals surface area contributed by atoms with E-state index in [1.54, 1.807) is 0 Å². The fraction of sp³-hybridized carbons (Fsp3) is 0.889. The summed E-state index contributed by atoms with van der Waals surface area (Å²) in [6.07, 6.45) is 3.59. The number of nitrogens with one attached hydrogen (secondary N) is 1. The lowest BCUT2D eigenvalue weighted by atomic mass is 9.76. The van der Waals surface area contributed by atoms with E-state index in [-0.39, 0.29) is 5.92 Å². The van der Waals surface area contributed by atoms with E-state index in [4.69, 9.17) is 10.8 Å². The lowest BCUT2D eigenvalue weighted by Gasteiger charge is -2.38. The molecule has 14 heavy (non-hydrogen) atoms. The quantitative estimate of drug-likeness (QED) is 0.517.